The number of furan rings is 1. The molecule has 3 nitrogen and oxygen atoms in total. The van der Waals surface area contributed by atoms with Crippen molar-refractivity contribution in [3.8, 4) is 11.3 Å². The Labute approximate surface area is 114 Å². The van der Waals surface area contributed by atoms with Crippen molar-refractivity contribution in [2.75, 3.05) is 13.7 Å². The van der Waals surface area contributed by atoms with Gasteiger partial charge in [0.25, 0.3) is 0 Å². The van der Waals surface area contributed by atoms with Crippen LogP contribution < -0.4 is 5.32 Å². The van der Waals surface area contributed by atoms with E-state index in [9.17, 15) is 0 Å². The number of nitrogens with one attached hydrogen (secondary N) is 1. The molecule has 19 heavy (non-hydrogen) atoms. The standard InChI is InChI=1S/C16H21NO2/c1-4-17-12(2)15-8-9-16(19-15)14-7-5-6-13(10-14)11-18-3/h5-10,12,17H,4,11H2,1-3H3. The first-order chi connectivity index (χ1) is 9.24. The van der Waals surface area contributed by atoms with Gasteiger partial charge in [0.2, 0.25) is 0 Å². The molecule has 1 N–H and O–H groups in total. The zero-order valence-electron chi connectivity index (χ0n) is 11.8. The highest BCUT2D eigenvalue weighted by Crippen LogP contribution is 2.26. The summed E-state index contributed by atoms with van der Waals surface area (Å²) < 4.78 is 11.1. The predicted molar refractivity (Wildman–Crippen MR) is 76.9 cm³/mol. The van der Waals surface area contributed by atoms with Crippen LogP contribution in [0.4, 0.5) is 0 Å². The lowest BCUT2D eigenvalue weighted by Crippen LogP contribution is -2.16. The van der Waals surface area contributed by atoms with E-state index in [2.05, 4.69) is 37.4 Å². The molecule has 102 valence electrons. The van der Waals surface area contributed by atoms with E-state index in [0.29, 0.717) is 6.61 Å². The minimum atomic E-state index is 0.237. The van der Waals surface area contributed by atoms with Crippen LogP contribution in [0, 0.1) is 0 Å². The molecule has 2 rings (SSSR count). The van der Waals surface area contributed by atoms with Gasteiger partial charge >= 0.3 is 0 Å². The van der Waals surface area contributed by atoms with Crippen LogP contribution >= 0.6 is 0 Å². The van der Waals surface area contributed by atoms with Crippen LogP contribution in [0.3, 0.4) is 0 Å². The summed E-state index contributed by atoms with van der Waals surface area (Å²) in [4.78, 5) is 0. The van der Waals surface area contributed by atoms with Gasteiger partial charge in [-0.15, -0.1) is 0 Å². The van der Waals surface area contributed by atoms with Crippen LogP contribution in [0.15, 0.2) is 40.8 Å². The average molecular weight is 259 g/mol. The predicted octanol–water partition coefficient (Wildman–Crippen LogP) is 3.76. The Hall–Kier alpha value is -1.58. The number of ether oxygens (including phenoxy) is 1. The summed E-state index contributed by atoms with van der Waals surface area (Å²) in [5.41, 5.74) is 2.24. The SMILES string of the molecule is CCNC(C)c1ccc(-c2cccc(COC)c2)o1. The Bertz CT molecular complexity index is 519. The fourth-order valence-corrected chi connectivity index (χ4v) is 2.13. The Morgan fingerprint density at radius 1 is 1.26 bits per heavy atom. The molecule has 1 heterocycles. The van der Waals surface area contributed by atoms with E-state index in [-0.39, 0.29) is 6.04 Å². The molecule has 1 aromatic carbocycles. The lowest BCUT2D eigenvalue weighted by Gasteiger charge is -2.08. The second-order valence-electron chi connectivity index (χ2n) is 4.61. The van der Waals surface area contributed by atoms with Gasteiger partial charge in [-0.05, 0) is 37.2 Å². The molecule has 1 aromatic heterocycles. The molecule has 0 saturated heterocycles. The number of rotatable bonds is 6. The highest BCUT2D eigenvalue weighted by Gasteiger charge is 2.10. The zero-order chi connectivity index (χ0) is 13.7. The van der Waals surface area contributed by atoms with Gasteiger partial charge in [-0.2, -0.15) is 0 Å². The third kappa shape index (κ3) is 3.46. The summed E-state index contributed by atoms with van der Waals surface area (Å²) in [6.07, 6.45) is 0. The number of methoxy groups -OCH3 is 1. The van der Waals surface area contributed by atoms with Gasteiger partial charge in [0.1, 0.15) is 11.5 Å². The zero-order valence-corrected chi connectivity index (χ0v) is 11.8. The van der Waals surface area contributed by atoms with E-state index in [4.69, 9.17) is 9.15 Å². The lowest BCUT2D eigenvalue weighted by atomic mass is 10.1. The molecule has 3 heteroatoms. The molecule has 0 amide bonds. The monoisotopic (exact) mass is 259 g/mol. The summed E-state index contributed by atoms with van der Waals surface area (Å²) in [5.74, 6) is 1.87. The lowest BCUT2D eigenvalue weighted by molar-refractivity contribution is 0.185. The molecule has 0 spiro atoms. The van der Waals surface area contributed by atoms with E-state index < -0.39 is 0 Å². The second kappa shape index (κ2) is 6.55. The summed E-state index contributed by atoms with van der Waals surface area (Å²) >= 11 is 0. The Morgan fingerprint density at radius 3 is 2.84 bits per heavy atom. The summed E-state index contributed by atoms with van der Waals surface area (Å²) in [5, 5.41) is 3.34. The van der Waals surface area contributed by atoms with Crippen molar-refractivity contribution in [3.63, 3.8) is 0 Å². The van der Waals surface area contributed by atoms with Crippen molar-refractivity contribution in [3.05, 3.63) is 47.7 Å². The Morgan fingerprint density at radius 2 is 2.11 bits per heavy atom. The molecule has 0 aliphatic rings. The van der Waals surface area contributed by atoms with E-state index in [1.807, 2.05) is 18.2 Å². The van der Waals surface area contributed by atoms with Gasteiger partial charge in [-0.1, -0.05) is 25.1 Å². The third-order valence-electron chi connectivity index (χ3n) is 3.09. The normalized spacial score (nSPS) is 12.6. The first-order valence-corrected chi connectivity index (χ1v) is 6.66. The summed E-state index contributed by atoms with van der Waals surface area (Å²) in [6.45, 7) is 5.75. The maximum absolute atomic E-state index is 5.91. The van der Waals surface area contributed by atoms with Gasteiger partial charge < -0.3 is 14.5 Å². The first kappa shape index (κ1) is 13.8. The van der Waals surface area contributed by atoms with E-state index >= 15 is 0 Å². The Balaban J connectivity index is 2.20. The molecule has 0 aliphatic carbocycles. The first-order valence-electron chi connectivity index (χ1n) is 6.66. The van der Waals surface area contributed by atoms with Gasteiger partial charge in [-0.25, -0.2) is 0 Å². The van der Waals surface area contributed by atoms with E-state index in [0.717, 1.165) is 29.2 Å². The molecule has 1 unspecified atom stereocenters. The maximum atomic E-state index is 5.91. The molecule has 0 fully saturated rings. The van der Waals surface area contributed by atoms with Crippen molar-refractivity contribution >= 4 is 0 Å². The quantitative estimate of drug-likeness (QED) is 0.857. The van der Waals surface area contributed by atoms with Crippen LogP contribution in [0.2, 0.25) is 0 Å². The van der Waals surface area contributed by atoms with E-state index in [1.54, 1.807) is 7.11 Å². The minimum absolute atomic E-state index is 0.237. The maximum Gasteiger partial charge on any atom is 0.134 e. The van der Waals surface area contributed by atoms with Crippen molar-refractivity contribution in [2.24, 2.45) is 0 Å². The molecule has 0 saturated carbocycles. The van der Waals surface area contributed by atoms with E-state index in [1.165, 1.54) is 0 Å². The number of hydrogen-bond donors (Lipinski definition) is 1. The summed E-state index contributed by atoms with van der Waals surface area (Å²) in [6, 6.07) is 12.5. The number of benzene rings is 1. The van der Waals surface area contributed by atoms with Crippen LogP contribution in [0.25, 0.3) is 11.3 Å². The Kier molecular flexibility index (Phi) is 4.77. The van der Waals surface area contributed by atoms with Gasteiger partial charge in [0.05, 0.1) is 12.6 Å². The highest BCUT2D eigenvalue weighted by atomic mass is 16.5. The van der Waals surface area contributed by atoms with Gasteiger partial charge in [0.15, 0.2) is 0 Å². The summed E-state index contributed by atoms with van der Waals surface area (Å²) in [7, 11) is 1.70. The van der Waals surface area contributed by atoms with Crippen LogP contribution in [-0.2, 0) is 11.3 Å². The fraction of sp³-hybridized carbons (Fsp3) is 0.375. The molecule has 0 bridgehead atoms. The molecule has 1 atom stereocenters. The largest absolute Gasteiger partial charge is 0.459 e. The second-order valence-corrected chi connectivity index (χ2v) is 4.61. The van der Waals surface area contributed by atoms with Crippen LogP contribution in [0.5, 0.6) is 0 Å². The van der Waals surface area contributed by atoms with Crippen molar-refractivity contribution in [1.82, 2.24) is 5.32 Å². The van der Waals surface area contributed by atoms with Gasteiger partial charge in [-0.3, -0.25) is 0 Å². The topological polar surface area (TPSA) is 34.4 Å². The third-order valence-corrected chi connectivity index (χ3v) is 3.09. The smallest absolute Gasteiger partial charge is 0.134 e. The van der Waals surface area contributed by atoms with Crippen LogP contribution in [-0.4, -0.2) is 13.7 Å². The molecule has 0 radical (unpaired) electrons. The van der Waals surface area contributed by atoms with Gasteiger partial charge in [0, 0.05) is 12.7 Å². The fourth-order valence-electron chi connectivity index (χ4n) is 2.13. The van der Waals surface area contributed by atoms with Crippen molar-refractivity contribution in [2.45, 2.75) is 26.5 Å². The average Bonchev–Trinajstić information content (AvgIpc) is 2.89. The van der Waals surface area contributed by atoms with Crippen molar-refractivity contribution < 1.29 is 9.15 Å². The van der Waals surface area contributed by atoms with Crippen LogP contribution in [0.1, 0.15) is 31.2 Å². The molecule has 0 aliphatic heterocycles. The molecule has 2 aromatic rings. The molecular weight excluding hydrogens is 238 g/mol. The molecular formula is C16H21NO2. The minimum Gasteiger partial charge on any atom is -0.459 e. The number of hydrogen-bond acceptors (Lipinski definition) is 3. The van der Waals surface area contributed by atoms with Crippen molar-refractivity contribution in [1.29, 1.82) is 0 Å². The highest BCUT2D eigenvalue weighted by molar-refractivity contribution is 5.58.